The number of nitrogens with zero attached hydrogens (tertiary/aromatic N) is 4. The third kappa shape index (κ3) is 6.48. The summed E-state index contributed by atoms with van der Waals surface area (Å²) in [5.74, 6) is -0.816. The van der Waals surface area contributed by atoms with Crippen LogP contribution in [0.4, 0.5) is 10.3 Å². The smallest absolute Gasteiger partial charge is 0.304 e. The van der Waals surface area contributed by atoms with Gasteiger partial charge in [0.05, 0.1) is 11.4 Å². The molecule has 2 heterocycles. The zero-order valence-corrected chi connectivity index (χ0v) is 16.9. The number of rotatable bonds is 8. The molecule has 9 nitrogen and oxygen atoms in total. The molecule has 12 heteroatoms. The lowest BCUT2D eigenvalue weighted by Gasteiger charge is -2.11. The number of carboxylic acids is 1. The molecule has 0 saturated heterocycles. The van der Waals surface area contributed by atoms with Gasteiger partial charge in [0.25, 0.3) is 5.88 Å². The zero-order chi connectivity index (χ0) is 20.8. The van der Waals surface area contributed by atoms with E-state index in [0.29, 0.717) is 17.1 Å². The van der Waals surface area contributed by atoms with Crippen molar-refractivity contribution in [1.82, 2.24) is 19.9 Å². The average Bonchev–Trinajstić information content (AvgIpc) is 2.69. The van der Waals surface area contributed by atoms with E-state index in [1.807, 2.05) is 0 Å². The zero-order valence-electron chi connectivity index (χ0n) is 15.3. The quantitative estimate of drug-likeness (QED) is 0.468. The SMILES string of the molecule is Cl.NC(CNc1ncnc(-c2ccc(Oc3ncc(Cl)cc3F)cc2)n1)CC(=O)O. The molecule has 0 aliphatic heterocycles. The number of halogens is 3. The molecular weight excluding hydrogens is 438 g/mol. The Labute approximate surface area is 181 Å². The van der Waals surface area contributed by atoms with E-state index in [9.17, 15) is 9.18 Å². The van der Waals surface area contributed by atoms with Crippen LogP contribution in [-0.4, -0.2) is 43.6 Å². The van der Waals surface area contributed by atoms with Crippen LogP contribution >= 0.6 is 24.0 Å². The van der Waals surface area contributed by atoms with Crippen LogP contribution in [0.15, 0.2) is 42.9 Å². The molecule has 3 aromatic rings. The number of ether oxygens (including phenoxy) is 1. The lowest BCUT2D eigenvalue weighted by Crippen LogP contribution is -2.32. The third-order valence-corrected chi connectivity index (χ3v) is 3.84. The number of carboxylic acid groups (broad SMARTS) is 1. The highest BCUT2D eigenvalue weighted by Crippen LogP contribution is 2.26. The van der Waals surface area contributed by atoms with Crippen LogP contribution in [0.1, 0.15) is 6.42 Å². The highest BCUT2D eigenvalue weighted by molar-refractivity contribution is 6.30. The normalized spacial score (nSPS) is 11.3. The molecule has 1 aromatic carbocycles. The van der Waals surface area contributed by atoms with Gasteiger partial charge in [-0.25, -0.2) is 19.3 Å². The second-order valence-electron chi connectivity index (χ2n) is 5.94. The second-order valence-corrected chi connectivity index (χ2v) is 6.37. The molecule has 0 aliphatic carbocycles. The Bertz CT molecular complexity index is 1010. The highest BCUT2D eigenvalue weighted by Gasteiger charge is 2.11. The second kappa shape index (κ2) is 10.6. The standard InChI is InChI=1S/C18H16ClFN6O3.ClH/c19-11-5-14(20)17(22-7-11)29-13-3-1-10(2-4-13)16-24-9-25-18(26-16)23-8-12(21)6-15(27)28;/h1-5,7,9,12H,6,8,21H2,(H,27,28)(H,23,24,25,26);1H. The topological polar surface area (TPSA) is 136 Å². The number of anilines is 1. The number of carbonyl (C=O) groups is 1. The summed E-state index contributed by atoms with van der Waals surface area (Å²) in [6, 6.07) is 7.15. The molecule has 158 valence electrons. The monoisotopic (exact) mass is 454 g/mol. The van der Waals surface area contributed by atoms with Gasteiger partial charge >= 0.3 is 5.97 Å². The van der Waals surface area contributed by atoms with Gasteiger partial charge in [0.2, 0.25) is 5.95 Å². The largest absolute Gasteiger partial charge is 0.481 e. The van der Waals surface area contributed by atoms with Crippen molar-refractivity contribution in [3.8, 4) is 23.0 Å². The van der Waals surface area contributed by atoms with Gasteiger partial charge in [-0.2, -0.15) is 4.98 Å². The number of benzene rings is 1. The van der Waals surface area contributed by atoms with Crippen LogP contribution in [0, 0.1) is 5.82 Å². The molecule has 30 heavy (non-hydrogen) atoms. The van der Waals surface area contributed by atoms with Gasteiger partial charge in [-0.3, -0.25) is 4.79 Å². The molecule has 0 saturated carbocycles. The molecule has 1 atom stereocenters. The van der Waals surface area contributed by atoms with Crippen molar-refractivity contribution in [3.05, 3.63) is 53.7 Å². The van der Waals surface area contributed by atoms with Gasteiger partial charge in [-0.05, 0) is 30.3 Å². The van der Waals surface area contributed by atoms with Crippen LogP contribution in [-0.2, 0) is 4.79 Å². The number of nitrogens with one attached hydrogen (secondary N) is 1. The van der Waals surface area contributed by atoms with E-state index in [-0.39, 0.29) is 42.2 Å². The van der Waals surface area contributed by atoms with Crippen molar-refractivity contribution < 1.29 is 19.0 Å². The molecule has 0 fully saturated rings. The van der Waals surface area contributed by atoms with E-state index < -0.39 is 17.8 Å². The van der Waals surface area contributed by atoms with Crippen molar-refractivity contribution in [2.75, 3.05) is 11.9 Å². The number of nitrogens with two attached hydrogens (primary N) is 1. The Morgan fingerprint density at radius 3 is 2.67 bits per heavy atom. The van der Waals surface area contributed by atoms with Crippen molar-refractivity contribution in [3.63, 3.8) is 0 Å². The maximum absolute atomic E-state index is 13.8. The summed E-state index contributed by atoms with van der Waals surface area (Å²) < 4.78 is 19.2. The molecule has 4 N–H and O–H groups in total. The summed E-state index contributed by atoms with van der Waals surface area (Å²) in [5, 5.41) is 11.8. The van der Waals surface area contributed by atoms with E-state index in [1.54, 1.807) is 24.3 Å². The number of hydrogen-bond donors (Lipinski definition) is 3. The minimum atomic E-state index is -0.980. The molecule has 3 rings (SSSR count). The minimum Gasteiger partial charge on any atom is -0.481 e. The molecule has 0 spiro atoms. The fraction of sp³-hybridized carbons (Fsp3) is 0.167. The van der Waals surface area contributed by atoms with Gasteiger partial charge < -0.3 is 20.9 Å². The Morgan fingerprint density at radius 2 is 2.00 bits per heavy atom. The van der Waals surface area contributed by atoms with Gasteiger partial charge in [-0.1, -0.05) is 11.6 Å². The molecule has 0 aliphatic rings. The van der Waals surface area contributed by atoms with Gasteiger partial charge in [0, 0.05) is 24.3 Å². The van der Waals surface area contributed by atoms with Crippen molar-refractivity contribution >= 4 is 35.9 Å². The maximum atomic E-state index is 13.8. The van der Waals surface area contributed by atoms with E-state index >= 15 is 0 Å². The predicted molar refractivity (Wildman–Crippen MR) is 111 cm³/mol. The summed E-state index contributed by atoms with van der Waals surface area (Å²) in [6.07, 6.45) is 2.44. The van der Waals surface area contributed by atoms with E-state index in [4.69, 9.17) is 27.2 Å². The Hall–Kier alpha value is -3.08. The molecule has 0 radical (unpaired) electrons. The summed E-state index contributed by atoms with van der Waals surface area (Å²) in [6.45, 7) is 0.197. The first kappa shape index (κ1) is 23.2. The Morgan fingerprint density at radius 1 is 1.27 bits per heavy atom. The van der Waals surface area contributed by atoms with E-state index in [0.717, 1.165) is 6.07 Å². The number of pyridine rings is 1. The minimum absolute atomic E-state index is 0. The Balaban J connectivity index is 0.00000320. The number of aliphatic carboxylic acids is 1. The highest BCUT2D eigenvalue weighted by atomic mass is 35.5. The first-order valence-electron chi connectivity index (χ1n) is 8.40. The first-order chi connectivity index (χ1) is 13.9. The summed E-state index contributed by atoms with van der Waals surface area (Å²) in [4.78, 5) is 26.8. The fourth-order valence-electron chi connectivity index (χ4n) is 2.30. The molecular formula is C18H17Cl2FN6O3. The van der Waals surface area contributed by atoms with Gasteiger partial charge in [-0.15, -0.1) is 12.4 Å². The lowest BCUT2D eigenvalue weighted by atomic mass is 10.2. The van der Waals surface area contributed by atoms with Crippen LogP contribution in [0.3, 0.4) is 0 Å². The molecule has 1 unspecified atom stereocenters. The number of hydrogen-bond acceptors (Lipinski definition) is 8. The lowest BCUT2D eigenvalue weighted by molar-refractivity contribution is -0.137. The Kier molecular flexibility index (Phi) is 8.22. The van der Waals surface area contributed by atoms with Crippen LogP contribution in [0.5, 0.6) is 11.6 Å². The van der Waals surface area contributed by atoms with Gasteiger partial charge in [0.15, 0.2) is 11.6 Å². The van der Waals surface area contributed by atoms with Crippen molar-refractivity contribution in [2.24, 2.45) is 5.73 Å². The van der Waals surface area contributed by atoms with Crippen LogP contribution in [0.25, 0.3) is 11.4 Å². The molecule has 0 amide bonds. The average molecular weight is 455 g/mol. The molecule has 0 bridgehead atoms. The summed E-state index contributed by atoms with van der Waals surface area (Å²) in [5.41, 5.74) is 6.37. The van der Waals surface area contributed by atoms with Crippen LogP contribution in [0.2, 0.25) is 5.02 Å². The van der Waals surface area contributed by atoms with Crippen molar-refractivity contribution in [1.29, 1.82) is 0 Å². The van der Waals surface area contributed by atoms with E-state index in [2.05, 4.69) is 25.3 Å². The van der Waals surface area contributed by atoms with Crippen molar-refractivity contribution in [2.45, 2.75) is 12.5 Å². The number of aromatic nitrogens is 4. The fourth-order valence-corrected chi connectivity index (χ4v) is 2.44. The van der Waals surface area contributed by atoms with E-state index in [1.165, 1.54) is 12.5 Å². The maximum Gasteiger partial charge on any atom is 0.304 e. The third-order valence-electron chi connectivity index (χ3n) is 3.63. The first-order valence-corrected chi connectivity index (χ1v) is 8.78. The van der Waals surface area contributed by atoms with Gasteiger partial charge in [0.1, 0.15) is 12.1 Å². The summed E-state index contributed by atoms with van der Waals surface area (Å²) >= 11 is 5.67. The molecule has 2 aromatic heterocycles. The predicted octanol–water partition coefficient (Wildman–Crippen LogP) is 3.15. The van der Waals surface area contributed by atoms with Crippen LogP contribution < -0.4 is 15.8 Å². The summed E-state index contributed by atoms with van der Waals surface area (Å²) in [7, 11) is 0.